The van der Waals surface area contributed by atoms with Crippen LogP contribution in [0.2, 0.25) is 5.02 Å². The molecule has 2 rings (SSSR count). The molecule has 5 heteroatoms. The quantitative estimate of drug-likeness (QED) is 0.669. The lowest BCUT2D eigenvalue weighted by Gasteiger charge is -2.02. The molecule has 0 spiro atoms. The molecule has 0 unspecified atom stereocenters. The molecule has 18 heavy (non-hydrogen) atoms. The van der Waals surface area contributed by atoms with Crippen LogP contribution < -0.4 is 5.63 Å². The summed E-state index contributed by atoms with van der Waals surface area (Å²) in [5, 5.41) is 9.56. The van der Waals surface area contributed by atoms with Gasteiger partial charge in [0.1, 0.15) is 5.58 Å². The molecule has 0 radical (unpaired) electrons. The van der Waals surface area contributed by atoms with Crippen molar-refractivity contribution in [3.8, 4) is 0 Å². The molecule has 4 nitrogen and oxygen atoms in total. The molecule has 2 aromatic rings. The molecule has 0 atom stereocenters. The molecular weight excluding hydrogens is 256 g/mol. The maximum absolute atomic E-state index is 11.7. The van der Waals surface area contributed by atoms with Crippen LogP contribution in [0.15, 0.2) is 39.1 Å². The first-order chi connectivity index (χ1) is 8.50. The fourth-order valence-corrected chi connectivity index (χ4v) is 1.81. The maximum atomic E-state index is 11.7. The molecule has 0 saturated carbocycles. The van der Waals surface area contributed by atoms with Gasteiger partial charge in [-0.1, -0.05) is 23.7 Å². The fourth-order valence-electron chi connectivity index (χ4n) is 1.53. The summed E-state index contributed by atoms with van der Waals surface area (Å²) in [6.07, 6.45) is 1.21. The lowest BCUT2D eigenvalue weighted by molar-refractivity contribution is -0.132. The number of halogens is 1. The second-order valence-corrected chi connectivity index (χ2v) is 4.12. The van der Waals surface area contributed by atoms with E-state index in [0.29, 0.717) is 11.0 Å². The zero-order valence-corrected chi connectivity index (χ0v) is 10.2. The van der Waals surface area contributed by atoms with Crippen LogP contribution in [0.3, 0.4) is 0 Å². The van der Waals surface area contributed by atoms with Crippen molar-refractivity contribution in [2.75, 3.05) is 0 Å². The van der Waals surface area contributed by atoms with Crippen LogP contribution in [0.25, 0.3) is 17.0 Å². The van der Waals surface area contributed by atoms with E-state index in [9.17, 15) is 9.59 Å². The Labute approximate surface area is 107 Å². The third kappa shape index (κ3) is 2.15. The Kier molecular flexibility index (Phi) is 3.21. The van der Waals surface area contributed by atoms with E-state index in [-0.39, 0.29) is 16.2 Å². The highest BCUT2D eigenvalue weighted by Crippen LogP contribution is 2.26. The number of carbonyl (C=O) groups is 1. The molecule has 0 aliphatic rings. The predicted octanol–water partition coefficient (Wildman–Crippen LogP) is 2.93. The summed E-state index contributed by atoms with van der Waals surface area (Å²) in [4.78, 5) is 22.5. The van der Waals surface area contributed by atoms with E-state index < -0.39 is 11.6 Å². The summed E-state index contributed by atoms with van der Waals surface area (Å²) >= 11 is 6.10. The minimum atomic E-state index is -1.11. The fraction of sp³-hybridized carbons (Fsp3) is 0.0769. The average molecular weight is 265 g/mol. The van der Waals surface area contributed by atoms with Crippen LogP contribution >= 0.6 is 11.6 Å². The minimum absolute atomic E-state index is 0.0134. The Bertz CT molecular complexity index is 712. The Hall–Kier alpha value is -2.07. The van der Waals surface area contributed by atoms with Crippen molar-refractivity contribution in [3.63, 3.8) is 0 Å². The Morgan fingerprint density at radius 3 is 2.72 bits per heavy atom. The van der Waals surface area contributed by atoms with E-state index in [1.807, 2.05) is 0 Å². The third-order valence-electron chi connectivity index (χ3n) is 2.48. The second-order valence-electron chi connectivity index (χ2n) is 3.75. The average Bonchev–Trinajstić information content (AvgIpc) is 2.34. The van der Waals surface area contributed by atoms with Crippen LogP contribution in [0.4, 0.5) is 0 Å². The van der Waals surface area contributed by atoms with Crippen molar-refractivity contribution < 1.29 is 14.3 Å². The highest BCUT2D eigenvalue weighted by atomic mass is 35.5. The van der Waals surface area contributed by atoms with E-state index in [1.54, 1.807) is 24.3 Å². The van der Waals surface area contributed by atoms with Gasteiger partial charge in [0.25, 0.3) is 0 Å². The number of para-hydroxylation sites is 1. The van der Waals surface area contributed by atoms with Gasteiger partial charge in [-0.15, -0.1) is 0 Å². The monoisotopic (exact) mass is 264 g/mol. The second kappa shape index (κ2) is 4.66. The highest BCUT2D eigenvalue weighted by molar-refractivity contribution is 6.36. The molecule has 0 aliphatic carbocycles. The Morgan fingerprint density at radius 1 is 1.39 bits per heavy atom. The molecule has 1 aromatic heterocycles. The van der Waals surface area contributed by atoms with Crippen LogP contribution in [0.1, 0.15) is 12.5 Å². The van der Waals surface area contributed by atoms with Crippen LogP contribution in [-0.4, -0.2) is 11.1 Å². The number of hydrogen-bond donors (Lipinski definition) is 1. The number of hydrogen-bond acceptors (Lipinski definition) is 3. The first kappa shape index (κ1) is 12.4. The first-order valence-electron chi connectivity index (χ1n) is 5.13. The number of carboxylic acids is 1. The Balaban J connectivity index is 2.76. The molecule has 0 fully saturated rings. The van der Waals surface area contributed by atoms with Crippen molar-refractivity contribution in [3.05, 3.63) is 50.8 Å². The standard InChI is InChI=1S/C13H9ClO4/c1-7(12(15)16)6-9-11(14)8-4-2-3-5-10(8)18-13(9)17/h2-6H,1H3,(H,15,16)/b7-6+. The third-order valence-corrected chi connectivity index (χ3v) is 2.89. The molecular formula is C13H9ClO4. The lowest BCUT2D eigenvalue weighted by Crippen LogP contribution is -2.06. The molecule has 0 aliphatic heterocycles. The molecule has 1 N–H and O–H groups in total. The van der Waals surface area contributed by atoms with Gasteiger partial charge in [0.15, 0.2) is 0 Å². The summed E-state index contributed by atoms with van der Waals surface area (Å²) in [6.45, 7) is 1.38. The normalized spacial score (nSPS) is 11.8. The van der Waals surface area contributed by atoms with Crippen LogP contribution in [0, 0.1) is 0 Å². The molecule has 0 saturated heterocycles. The zero-order valence-electron chi connectivity index (χ0n) is 9.44. The van der Waals surface area contributed by atoms with Crippen molar-refractivity contribution in [2.24, 2.45) is 0 Å². The van der Waals surface area contributed by atoms with Gasteiger partial charge in [0, 0.05) is 11.0 Å². The molecule has 0 amide bonds. The smallest absolute Gasteiger partial charge is 0.345 e. The SMILES string of the molecule is C/C(=C\c1c(Cl)c2ccccc2oc1=O)C(=O)O. The number of fused-ring (bicyclic) bond motifs is 1. The van der Waals surface area contributed by atoms with Crippen LogP contribution in [0.5, 0.6) is 0 Å². The molecule has 92 valence electrons. The van der Waals surface area contributed by atoms with Crippen LogP contribution in [-0.2, 0) is 4.79 Å². The minimum Gasteiger partial charge on any atom is -0.478 e. The zero-order chi connectivity index (χ0) is 13.3. The maximum Gasteiger partial charge on any atom is 0.345 e. The van der Waals surface area contributed by atoms with Gasteiger partial charge >= 0.3 is 11.6 Å². The summed E-state index contributed by atoms with van der Waals surface area (Å²) in [6, 6.07) is 6.81. The summed E-state index contributed by atoms with van der Waals surface area (Å²) in [7, 11) is 0. The van der Waals surface area contributed by atoms with Crippen molar-refractivity contribution in [1.82, 2.24) is 0 Å². The van der Waals surface area contributed by atoms with Gasteiger partial charge in [-0.2, -0.15) is 0 Å². The number of rotatable bonds is 2. The highest BCUT2D eigenvalue weighted by Gasteiger charge is 2.12. The van der Waals surface area contributed by atoms with Gasteiger partial charge in [-0.05, 0) is 25.1 Å². The molecule has 1 aromatic carbocycles. The summed E-state index contributed by atoms with van der Waals surface area (Å²) < 4.78 is 5.08. The van der Waals surface area contributed by atoms with Gasteiger partial charge in [-0.3, -0.25) is 0 Å². The molecule has 0 bridgehead atoms. The number of aliphatic carboxylic acids is 1. The first-order valence-corrected chi connectivity index (χ1v) is 5.51. The topological polar surface area (TPSA) is 67.5 Å². The van der Waals surface area contributed by atoms with Gasteiger partial charge < -0.3 is 9.52 Å². The van der Waals surface area contributed by atoms with Gasteiger partial charge in [-0.25, -0.2) is 9.59 Å². The largest absolute Gasteiger partial charge is 0.478 e. The predicted molar refractivity (Wildman–Crippen MR) is 68.8 cm³/mol. The Morgan fingerprint density at radius 2 is 2.06 bits per heavy atom. The summed E-state index contributed by atoms with van der Waals surface area (Å²) in [5.41, 5.74) is -0.216. The molecule has 1 heterocycles. The van der Waals surface area contributed by atoms with E-state index >= 15 is 0 Å². The van der Waals surface area contributed by atoms with Crippen molar-refractivity contribution in [1.29, 1.82) is 0 Å². The van der Waals surface area contributed by atoms with E-state index in [4.69, 9.17) is 21.1 Å². The van der Waals surface area contributed by atoms with Crippen molar-refractivity contribution >= 4 is 34.6 Å². The van der Waals surface area contributed by atoms with Gasteiger partial charge in [0.05, 0.1) is 10.6 Å². The van der Waals surface area contributed by atoms with E-state index in [1.165, 1.54) is 13.0 Å². The summed E-state index contributed by atoms with van der Waals surface area (Å²) in [5.74, 6) is -1.11. The lowest BCUT2D eigenvalue weighted by atomic mass is 10.1. The number of carboxylic acid groups (broad SMARTS) is 1. The van der Waals surface area contributed by atoms with E-state index in [2.05, 4.69) is 0 Å². The van der Waals surface area contributed by atoms with Crippen molar-refractivity contribution in [2.45, 2.75) is 6.92 Å². The van der Waals surface area contributed by atoms with Gasteiger partial charge in [0.2, 0.25) is 0 Å². The van der Waals surface area contributed by atoms with E-state index in [0.717, 1.165) is 0 Å². The number of benzene rings is 1.